The van der Waals surface area contributed by atoms with Crippen molar-refractivity contribution in [3.8, 4) is 17.6 Å². The molecule has 28 heavy (non-hydrogen) atoms. The molecule has 1 aromatic heterocycles. The number of ether oxygens (including phenoxy) is 1. The van der Waals surface area contributed by atoms with E-state index in [9.17, 15) is 9.59 Å². The van der Waals surface area contributed by atoms with Crippen LogP contribution in [-0.2, 0) is 4.79 Å². The van der Waals surface area contributed by atoms with E-state index in [1.807, 2.05) is 30.3 Å². The average molecular weight is 373 g/mol. The topological polar surface area (TPSA) is 80.3 Å². The SMILES string of the molecule is CC(=O)Nc1cccc(OCC#CCNC(=O)c2ccc3ccccc3n2)c1. The molecular formula is C22H19N3O3. The Bertz CT molecular complexity index is 1070. The van der Waals surface area contributed by atoms with Gasteiger partial charge in [-0.05, 0) is 24.3 Å². The summed E-state index contributed by atoms with van der Waals surface area (Å²) in [5, 5.41) is 6.39. The molecule has 0 radical (unpaired) electrons. The van der Waals surface area contributed by atoms with Crippen molar-refractivity contribution >= 4 is 28.4 Å². The Morgan fingerprint density at radius 3 is 2.75 bits per heavy atom. The van der Waals surface area contributed by atoms with E-state index in [0.717, 1.165) is 10.9 Å². The van der Waals surface area contributed by atoms with Crippen LogP contribution in [0.25, 0.3) is 10.9 Å². The van der Waals surface area contributed by atoms with E-state index in [0.29, 0.717) is 17.1 Å². The zero-order valence-electron chi connectivity index (χ0n) is 15.4. The zero-order valence-corrected chi connectivity index (χ0v) is 15.4. The van der Waals surface area contributed by atoms with Crippen LogP contribution in [0, 0.1) is 11.8 Å². The molecule has 1 heterocycles. The van der Waals surface area contributed by atoms with Crippen molar-refractivity contribution in [3.63, 3.8) is 0 Å². The third-order valence-corrected chi connectivity index (χ3v) is 3.76. The average Bonchev–Trinajstić information content (AvgIpc) is 2.70. The number of rotatable bonds is 5. The minimum Gasteiger partial charge on any atom is -0.481 e. The molecule has 0 fully saturated rings. The highest BCUT2D eigenvalue weighted by Gasteiger charge is 2.06. The van der Waals surface area contributed by atoms with Crippen molar-refractivity contribution in [1.29, 1.82) is 0 Å². The third kappa shape index (κ3) is 5.32. The van der Waals surface area contributed by atoms with Crippen LogP contribution in [0.5, 0.6) is 5.75 Å². The van der Waals surface area contributed by atoms with Crippen molar-refractivity contribution in [3.05, 3.63) is 66.4 Å². The highest BCUT2D eigenvalue weighted by molar-refractivity contribution is 5.95. The molecule has 3 aromatic rings. The van der Waals surface area contributed by atoms with E-state index in [4.69, 9.17) is 4.74 Å². The van der Waals surface area contributed by atoms with Gasteiger partial charge in [0.25, 0.3) is 5.91 Å². The van der Waals surface area contributed by atoms with Gasteiger partial charge in [-0.25, -0.2) is 4.98 Å². The number of nitrogens with zero attached hydrogens (tertiary/aromatic N) is 1. The van der Waals surface area contributed by atoms with Crippen LogP contribution in [0.15, 0.2) is 60.7 Å². The standard InChI is InChI=1S/C22H19N3O3/c1-16(26)24-18-8-6-9-19(15-18)28-14-5-4-13-23-22(27)21-12-11-17-7-2-3-10-20(17)25-21/h2-3,6-12,15H,13-14H2,1H3,(H,23,27)(H,24,26). The number of fused-ring (bicyclic) bond motifs is 1. The van der Waals surface area contributed by atoms with Gasteiger partial charge < -0.3 is 15.4 Å². The number of carbonyl (C=O) groups is 2. The summed E-state index contributed by atoms with van der Waals surface area (Å²) in [4.78, 5) is 27.6. The van der Waals surface area contributed by atoms with E-state index >= 15 is 0 Å². The quantitative estimate of drug-likeness (QED) is 0.674. The van der Waals surface area contributed by atoms with E-state index < -0.39 is 0 Å². The van der Waals surface area contributed by atoms with Gasteiger partial charge in [-0.1, -0.05) is 42.2 Å². The van der Waals surface area contributed by atoms with E-state index in [2.05, 4.69) is 27.5 Å². The van der Waals surface area contributed by atoms with Crippen LogP contribution in [0.4, 0.5) is 5.69 Å². The fourth-order valence-electron chi connectivity index (χ4n) is 2.51. The summed E-state index contributed by atoms with van der Waals surface area (Å²) >= 11 is 0. The maximum atomic E-state index is 12.2. The molecule has 0 bridgehead atoms. The van der Waals surface area contributed by atoms with Crippen molar-refractivity contribution in [1.82, 2.24) is 10.3 Å². The minimum absolute atomic E-state index is 0.145. The fraction of sp³-hybridized carbons (Fsp3) is 0.136. The van der Waals surface area contributed by atoms with Gasteiger partial charge in [0.15, 0.2) is 0 Å². The lowest BCUT2D eigenvalue weighted by atomic mass is 10.2. The molecular weight excluding hydrogens is 354 g/mol. The van der Waals surface area contributed by atoms with Gasteiger partial charge in [-0.15, -0.1) is 0 Å². The van der Waals surface area contributed by atoms with Gasteiger partial charge in [0, 0.05) is 24.1 Å². The smallest absolute Gasteiger partial charge is 0.270 e. The Labute approximate surface area is 162 Å². The van der Waals surface area contributed by atoms with Gasteiger partial charge in [-0.3, -0.25) is 9.59 Å². The number of aromatic nitrogens is 1. The Morgan fingerprint density at radius 2 is 1.89 bits per heavy atom. The van der Waals surface area contributed by atoms with Gasteiger partial charge in [0.05, 0.1) is 12.1 Å². The number of anilines is 1. The number of carbonyl (C=O) groups excluding carboxylic acids is 2. The molecule has 0 spiro atoms. The molecule has 3 rings (SSSR count). The Hall–Kier alpha value is -3.85. The van der Waals surface area contributed by atoms with E-state index in [1.165, 1.54) is 6.92 Å². The first kappa shape index (κ1) is 18.9. The molecule has 0 atom stereocenters. The first-order chi connectivity index (χ1) is 13.6. The molecule has 2 N–H and O–H groups in total. The van der Waals surface area contributed by atoms with Crippen molar-refractivity contribution < 1.29 is 14.3 Å². The molecule has 0 aliphatic heterocycles. The second-order valence-electron chi connectivity index (χ2n) is 5.92. The molecule has 6 nitrogen and oxygen atoms in total. The number of para-hydroxylation sites is 1. The first-order valence-electron chi connectivity index (χ1n) is 8.72. The summed E-state index contributed by atoms with van der Waals surface area (Å²) < 4.78 is 5.52. The highest BCUT2D eigenvalue weighted by Crippen LogP contribution is 2.17. The number of amides is 2. The molecule has 0 saturated heterocycles. The Morgan fingerprint density at radius 1 is 1.04 bits per heavy atom. The summed E-state index contributed by atoms with van der Waals surface area (Å²) in [7, 11) is 0. The van der Waals surface area contributed by atoms with Crippen LogP contribution in [0.2, 0.25) is 0 Å². The molecule has 6 heteroatoms. The van der Waals surface area contributed by atoms with Crippen LogP contribution in [-0.4, -0.2) is 29.9 Å². The largest absolute Gasteiger partial charge is 0.481 e. The van der Waals surface area contributed by atoms with Crippen molar-refractivity contribution in [2.45, 2.75) is 6.92 Å². The second kappa shape index (κ2) is 9.19. The summed E-state index contributed by atoms with van der Waals surface area (Å²) in [6.07, 6.45) is 0. The summed E-state index contributed by atoms with van der Waals surface area (Å²) in [5.74, 6) is 5.85. The van der Waals surface area contributed by atoms with Gasteiger partial charge >= 0.3 is 0 Å². The number of nitrogens with one attached hydrogen (secondary N) is 2. The monoisotopic (exact) mass is 373 g/mol. The summed E-state index contributed by atoms with van der Waals surface area (Å²) in [5.41, 5.74) is 1.79. The van der Waals surface area contributed by atoms with Crippen LogP contribution in [0.3, 0.4) is 0 Å². The number of hydrogen-bond acceptors (Lipinski definition) is 4. The maximum Gasteiger partial charge on any atom is 0.270 e. The van der Waals surface area contributed by atoms with Crippen LogP contribution >= 0.6 is 0 Å². The van der Waals surface area contributed by atoms with Gasteiger partial charge in [0.1, 0.15) is 18.1 Å². The molecule has 2 amide bonds. The molecule has 0 saturated carbocycles. The first-order valence-corrected chi connectivity index (χ1v) is 8.72. The molecule has 0 aliphatic rings. The fourth-order valence-corrected chi connectivity index (χ4v) is 2.51. The van der Waals surface area contributed by atoms with Gasteiger partial charge in [0.2, 0.25) is 5.91 Å². The summed E-state index contributed by atoms with van der Waals surface area (Å²) in [6, 6.07) is 18.2. The van der Waals surface area contributed by atoms with Crippen LogP contribution < -0.4 is 15.4 Å². The highest BCUT2D eigenvalue weighted by atomic mass is 16.5. The second-order valence-corrected chi connectivity index (χ2v) is 5.92. The number of benzene rings is 2. The minimum atomic E-state index is -0.274. The van der Waals surface area contributed by atoms with Gasteiger partial charge in [-0.2, -0.15) is 0 Å². The van der Waals surface area contributed by atoms with Crippen molar-refractivity contribution in [2.75, 3.05) is 18.5 Å². The zero-order chi connectivity index (χ0) is 19.8. The summed E-state index contributed by atoms with van der Waals surface area (Å²) in [6.45, 7) is 1.82. The molecule has 0 aliphatic carbocycles. The van der Waals surface area contributed by atoms with E-state index in [-0.39, 0.29) is 25.0 Å². The lowest BCUT2D eigenvalue weighted by Gasteiger charge is -2.05. The molecule has 0 unspecified atom stereocenters. The lowest BCUT2D eigenvalue weighted by molar-refractivity contribution is -0.114. The Kier molecular flexibility index (Phi) is 6.21. The predicted octanol–water partition coefficient (Wildman–Crippen LogP) is 3.01. The van der Waals surface area contributed by atoms with Crippen LogP contribution in [0.1, 0.15) is 17.4 Å². The number of pyridine rings is 1. The van der Waals surface area contributed by atoms with Crippen molar-refractivity contribution in [2.24, 2.45) is 0 Å². The third-order valence-electron chi connectivity index (χ3n) is 3.76. The normalized spacial score (nSPS) is 9.89. The predicted molar refractivity (Wildman–Crippen MR) is 108 cm³/mol. The lowest BCUT2D eigenvalue weighted by Crippen LogP contribution is -2.24. The number of hydrogen-bond donors (Lipinski definition) is 2. The molecule has 2 aromatic carbocycles. The maximum absolute atomic E-state index is 12.2. The Balaban J connectivity index is 1.47. The van der Waals surface area contributed by atoms with E-state index in [1.54, 1.807) is 30.3 Å². The molecule has 140 valence electrons.